The monoisotopic (exact) mass is 324 g/mol. The Morgan fingerprint density at radius 2 is 1.65 bits per heavy atom. The van der Waals surface area contributed by atoms with Crippen molar-refractivity contribution in [2.24, 2.45) is 17.8 Å². The molecule has 134 valence electrons. The molecule has 0 spiro atoms. The zero-order valence-corrected chi connectivity index (χ0v) is 15.7. The van der Waals surface area contributed by atoms with E-state index < -0.39 is 5.60 Å². The number of amides is 1. The molecule has 2 aliphatic carbocycles. The van der Waals surface area contributed by atoms with Crippen LogP contribution in [0.3, 0.4) is 0 Å². The summed E-state index contributed by atoms with van der Waals surface area (Å²) in [6.07, 6.45) is 7.63. The zero-order chi connectivity index (χ0) is 17.1. The summed E-state index contributed by atoms with van der Waals surface area (Å²) in [5.74, 6) is 2.38. The molecule has 2 saturated carbocycles. The third-order valence-electron chi connectivity index (χ3n) is 5.41. The van der Waals surface area contributed by atoms with Crippen LogP contribution in [0.2, 0.25) is 0 Å². The SMILES string of the molecule is CC1CCC(CNC(C)(CNC(=O)OC(C)(C)C)C2CC2)CC1. The molecular formula is C19H36N2O2. The van der Waals surface area contributed by atoms with Gasteiger partial charge >= 0.3 is 6.09 Å². The first-order valence-electron chi connectivity index (χ1n) is 9.40. The van der Waals surface area contributed by atoms with E-state index >= 15 is 0 Å². The fourth-order valence-electron chi connectivity index (χ4n) is 3.55. The van der Waals surface area contributed by atoms with Crippen molar-refractivity contribution in [1.29, 1.82) is 0 Å². The smallest absolute Gasteiger partial charge is 0.407 e. The number of carbonyl (C=O) groups excluding carboxylic acids is 1. The van der Waals surface area contributed by atoms with E-state index in [1.165, 1.54) is 38.5 Å². The van der Waals surface area contributed by atoms with Crippen LogP contribution in [0.15, 0.2) is 0 Å². The van der Waals surface area contributed by atoms with Gasteiger partial charge in [0.05, 0.1) is 0 Å². The minimum Gasteiger partial charge on any atom is -0.444 e. The van der Waals surface area contributed by atoms with Gasteiger partial charge in [0, 0.05) is 12.1 Å². The van der Waals surface area contributed by atoms with E-state index in [1.54, 1.807) is 0 Å². The molecule has 2 N–H and O–H groups in total. The van der Waals surface area contributed by atoms with Gasteiger partial charge in [0.15, 0.2) is 0 Å². The van der Waals surface area contributed by atoms with E-state index in [4.69, 9.17) is 4.74 Å². The highest BCUT2D eigenvalue weighted by Crippen LogP contribution is 2.39. The van der Waals surface area contributed by atoms with Gasteiger partial charge in [-0.25, -0.2) is 4.79 Å². The number of hydrogen-bond donors (Lipinski definition) is 2. The minimum absolute atomic E-state index is 0.0000322. The molecule has 1 amide bonds. The highest BCUT2D eigenvalue weighted by molar-refractivity contribution is 5.67. The Kier molecular flexibility index (Phi) is 5.99. The second kappa shape index (κ2) is 7.42. The van der Waals surface area contributed by atoms with Gasteiger partial charge in [0.2, 0.25) is 0 Å². The molecule has 0 heterocycles. The van der Waals surface area contributed by atoms with Crippen LogP contribution in [-0.4, -0.2) is 30.3 Å². The summed E-state index contributed by atoms with van der Waals surface area (Å²) >= 11 is 0. The third kappa shape index (κ3) is 6.33. The summed E-state index contributed by atoms with van der Waals surface area (Å²) < 4.78 is 5.36. The number of rotatable bonds is 6. The number of carbonyl (C=O) groups is 1. The van der Waals surface area contributed by atoms with Gasteiger partial charge in [-0.3, -0.25) is 0 Å². The maximum Gasteiger partial charge on any atom is 0.407 e. The molecule has 1 atom stereocenters. The molecule has 23 heavy (non-hydrogen) atoms. The first-order valence-corrected chi connectivity index (χ1v) is 9.40. The van der Waals surface area contributed by atoms with Crippen LogP contribution in [0.4, 0.5) is 4.79 Å². The average Bonchev–Trinajstić information content (AvgIpc) is 3.28. The Hall–Kier alpha value is -0.770. The predicted molar refractivity (Wildman–Crippen MR) is 94.5 cm³/mol. The summed E-state index contributed by atoms with van der Waals surface area (Å²) in [5.41, 5.74) is -0.438. The Labute approximate surface area is 142 Å². The number of ether oxygens (including phenoxy) is 1. The van der Waals surface area contributed by atoms with Crippen LogP contribution in [0.1, 0.15) is 73.1 Å². The predicted octanol–water partition coefficient (Wildman–Crippen LogP) is 4.10. The van der Waals surface area contributed by atoms with Crippen LogP contribution < -0.4 is 10.6 Å². The van der Waals surface area contributed by atoms with Crippen molar-refractivity contribution < 1.29 is 9.53 Å². The lowest BCUT2D eigenvalue weighted by atomic mass is 9.82. The van der Waals surface area contributed by atoms with Crippen molar-refractivity contribution in [3.8, 4) is 0 Å². The summed E-state index contributed by atoms with van der Waals surface area (Å²) in [5, 5.41) is 6.76. The number of hydrogen-bond acceptors (Lipinski definition) is 3. The van der Waals surface area contributed by atoms with E-state index in [0.717, 1.165) is 18.4 Å². The Bertz CT molecular complexity index is 393. The average molecular weight is 325 g/mol. The van der Waals surface area contributed by atoms with Crippen molar-refractivity contribution in [3.05, 3.63) is 0 Å². The van der Waals surface area contributed by atoms with E-state index in [0.29, 0.717) is 12.5 Å². The van der Waals surface area contributed by atoms with Crippen LogP contribution >= 0.6 is 0 Å². The van der Waals surface area contributed by atoms with Crippen LogP contribution in [0.5, 0.6) is 0 Å². The molecule has 4 heteroatoms. The van der Waals surface area contributed by atoms with Gasteiger partial charge in [0.25, 0.3) is 0 Å². The van der Waals surface area contributed by atoms with Crippen molar-refractivity contribution in [3.63, 3.8) is 0 Å². The van der Waals surface area contributed by atoms with Crippen LogP contribution in [-0.2, 0) is 4.74 Å². The molecule has 4 nitrogen and oxygen atoms in total. The molecule has 2 aliphatic rings. The Morgan fingerprint density at radius 3 is 2.17 bits per heavy atom. The van der Waals surface area contributed by atoms with Crippen molar-refractivity contribution in [1.82, 2.24) is 10.6 Å². The lowest BCUT2D eigenvalue weighted by Crippen LogP contribution is -2.54. The molecule has 0 saturated heterocycles. The largest absolute Gasteiger partial charge is 0.444 e. The number of alkyl carbamates (subject to hydrolysis) is 1. The molecule has 2 fully saturated rings. The summed E-state index contributed by atoms with van der Waals surface area (Å²) in [6.45, 7) is 12.0. The lowest BCUT2D eigenvalue weighted by molar-refractivity contribution is 0.0506. The van der Waals surface area contributed by atoms with Crippen LogP contribution in [0.25, 0.3) is 0 Å². The minimum atomic E-state index is -0.438. The quantitative estimate of drug-likeness (QED) is 0.773. The van der Waals surface area contributed by atoms with E-state index in [1.807, 2.05) is 20.8 Å². The summed E-state index contributed by atoms with van der Waals surface area (Å²) in [7, 11) is 0. The second-order valence-electron chi connectivity index (χ2n) is 9.05. The van der Waals surface area contributed by atoms with Crippen molar-refractivity contribution in [2.45, 2.75) is 84.3 Å². The van der Waals surface area contributed by atoms with Crippen molar-refractivity contribution >= 4 is 6.09 Å². The fraction of sp³-hybridized carbons (Fsp3) is 0.947. The van der Waals surface area contributed by atoms with Gasteiger partial charge in [0.1, 0.15) is 5.60 Å². The number of nitrogens with one attached hydrogen (secondary N) is 2. The van der Waals surface area contributed by atoms with Crippen LogP contribution in [0, 0.1) is 17.8 Å². The van der Waals surface area contributed by atoms with E-state index in [2.05, 4.69) is 24.5 Å². The summed E-state index contributed by atoms with van der Waals surface area (Å²) in [6, 6.07) is 0. The molecule has 0 aromatic carbocycles. The molecular weight excluding hydrogens is 288 g/mol. The molecule has 0 radical (unpaired) electrons. The molecule has 0 aromatic rings. The third-order valence-corrected chi connectivity index (χ3v) is 5.41. The highest BCUT2D eigenvalue weighted by atomic mass is 16.6. The normalized spacial score (nSPS) is 28.0. The van der Waals surface area contributed by atoms with Gasteiger partial charge in [-0.1, -0.05) is 19.8 Å². The first kappa shape index (κ1) is 18.6. The second-order valence-corrected chi connectivity index (χ2v) is 9.05. The zero-order valence-electron chi connectivity index (χ0n) is 15.7. The first-order chi connectivity index (χ1) is 10.7. The standard InChI is InChI=1S/C19H36N2O2/c1-14-6-8-15(9-7-14)12-21-19(5,16-10-11-16)13-20-17(22)23-18(2,3)4/h14-16,21H,6-13H2,1-5H3,(H,20,22). The molecule has 0 aliphatic heterocycles. The van der Waals surface area contributed by atoms with Gasteiger partial charge in [-0.2, -0.15) is 0 Å². The maximum absolute atomic E-state index is 11.9. The maximum atomic E-state index is 11.9. The Morgan fingerprint density at radius 1 is 1.04 bits per heavy atom. The molecule has 2 rings (SSSR count). The van der Waals surface area contributed by atoms with Gasteiger partial charge in [-0.05, 0) is 77.7 Å². The Balaban J connectivity index is 1.78. The van der Waals surface area contributed by atoms with Gasteiger partial charge < -0.3 is 15.4 Å². The fourth-order valence-corrected chi connectivity index (χ4v) is 3.55. The van der Waals surface area contributed by atoms with E-state index in [9.17, 15) is 4.79 Å². The van der Waals surface area contributed by atoms with E-state index in [-0.39, 0.29) is 11.6 Å². The topological polar surface area (TPSA) is 50.4 Å². The van der Waals surface area contributed by atoms with Crippen molar-refractivity contribution in [2.75, 3.05) is 13.1 Å². The molecule has 1 unspecified atom stereocenters. The molecule has 0 bridgehead atoms. The lowest BCUT2D eigenvalue weighted by Gasteiger charge is -2.35. The summed E-state index contributed by atoms with van der Waals surface area (Å²) in [4.78, 5) is 11.9. The highest BCUT2D eigenvalue weighted by Gasteiger charge is 2.42. The van der Waals surface area contributed by atoms with Gasteiger partial charge in [-0.15, -0.1) is 0 Å². The molecule has 0 aromatic heterocycles.